The van der Waals surface area contributed by atoms with Gasteiger partial charge in [0.05, 0.1) is 0 Å². The van der Waals surface area contributed by atoms with E-state index < -0.39 is 5.91 Å². The Labute approximate surface area is 118 Å². The van der Waals surface area contributed by atoms with Crippen molar-refractivity contribution >= 4 is 17.5 Å². The van der Waals surface area contributed by atoms with E-state index in [1.807, 2.05) is 11.0 Å². The summed E-state index contributed by atoms with van der Waals surface area (Å²) in [6.07, 6.45) is 5.43. The third-order valence-corrected chi connectivity index (χ3v) is 3.36. The number of rotatable bonds is 6. The fourth-order valence-corrected chi connectivity index (χ4v) is 2.31. The smallest absolute Gasteiger partial charge is 0.263 e. The molecule has 1 fully saturated rings. The molecule has 0 aromatic rings. The number of hydrogen-bond acceptors (Lipinski definition) is 4. The number of carbonyl (C=O) groups is 1. The molecule has 0 bridgehead atoms. The summed E-state index contributed by atoms with van der Waals surface area (Å²) in [6, 6.07) is 2.13. The molecule has 0 aromatic heterocycles. The summed E-state index contributed by atoms with van der Waals surface area (Å²) in [7, 11) is 0. The van der Waals surface area contributed by atoms with E-state index >= 15 is 0 Å². The zero-order valence-electron chi connectivity index (χ0n) is 10.9. The summed E-state index contributed by atoms with van der Waals surface area (Å²) >= 11 is 5.49. The molecule has 0 spiro atoms. The zero-order chi connectivity index (χ0) is 14.1. The van der Waals surface area contributed by atoms with E-state index in [1.54, 1.807) is 6.20 Å². The van der Waals surface area contributed by atoms with Crippen LogP contribution in [0.5, 0.6) is 0 Å². The minimum absolute atomic E-state index is 0.0926. The van der Waals surface area contributed by atoms with Crippen LogP contribution in [0.1, 0.15) is 25.7 Å². The van der Waals surface area contributed by atoms with Gasteiger partial charge < -0.3 is 15.3 Å². The van der Waals surface area contributed by atoms with Gasteiger partial charge in [-0.25, -0.2) is 0 Å². The molecule has 1 unspecified atom stereocenters. The topological polar surface area (TPSA) is 76.4 Å². The van der Waals surface area contributed by atoms with Crippen LogP contribution in [0, 0.1) is 11.3 Å². The van der Waals surface area contributed by atoms with Gasteiger partial charge in [-0.05, 0) is 25.7 Å². The van der Waals surface area contributed by atoms with Crippen LogP contribution < -0.4 is 5.32 Å². The van der Waals surface area contributed by atoms with Crippen molar-refractivity contribution in [3.8, 4) is 6.07 Å². The number of aliphatic hydroxyl groups is 1. The molecule has 0 radical (unpaired) electrons. The summed E-state index contributed by atoms with van der Waals surface area (Å²) in [4.78, 5) is 13.7. The maximum atomic E-state index is 11.7. The molecule has 1 amide bonds. The van der Waals surface area contributed by atoms with Crippen LogP contribution in [-0.4, -0.2) is 47.5 Å². The summed E-state index contributed by atoms with van der Waals surface area (Å²) < 4.78 is 0. The molecule has 2 N–H and O–H groups in total. The van der Waals surface area contributed by atoms with Gasteiger partial charge in [0.2, 0.25) is 0 Å². The van der Waals surface area contributed by atoms with Crippen LogP contribution in [-0.2, 0) is 4.79 Å². The summed E-state index contributed by atoms with van der Waals surface area (Å²) in [5.74, 6) is -0.0714. The molecular formula is C13H20ClN3O2. The molecule has 0 aromatic carbocycles. The number of alkyl halides is 1. The monoisotopic (exact) mass is 285 g/mol. The highest BCUT2D eigenvalue weighted by molar-refractivity contribution is 6.18. The second-order valence-electron chi connectivity index (χ2n) is 4.50. The van der Waals surface area contributed by atoms with E-state index in [0.29, 0.717) is 18.8 Å². The normalized spacial score (nSPS) is 19.9. The molecule has 1 heterocycles. The first-order valence-corrected chi connectivity index (χ1v) is 7.09. The van der Waals surface area contributed by atoms with Crippen LogP contribution in [0.2, 0.25) is 0 Å². The van der Waals surface area contributed by atoms with Gasteiger partial charge >= 0.3 is 0 Å². The van der Waals surface area contributed by atoms with Crippen LogP contribution in [0.15, 0.2) is 11.8 Å². The second kappa shape index (κ2) is 8.78. The number of carbonyl (C=O) groups excluding carboxylic acids is 1. The van der Waals surface area contributed by atoms with Crippen LogP contribution in [0.25, 0.3) is 0 Å². The molecule has 6 heteroatoms. The van der Waals surface area contributed by atoms with Crippen molar-refractivity contribution in [1.29, 1.82) is 5.26 Å². The number of aliphatic hydroxyl groups excluding tert-OH is 1. The lowest BCUT2D eigenvalue weighted by Crippen LogP contribution is -2.37. The number of piperidine rings is 1. The number of halogens is 1. The lowest BCUT2D eigenvalue weighted by atomic mass is 10.00. The molecule has 1 atom stereocenters. The molecule has 1 aliphatic rings. The highest BCUT2D eigenvalue weighted by Crippen LogP contribution is 2.20. The van der Waals surface area contributed by atoms with Crippen molar-refractivity contribution in [2.45, 2.75) is 31.7 Å². The van der Waals surface area contributed by atoms with Gasteiger partial charge in [0.15, 0.2) is 0 Å². The first kappa shape index (κ1) is 15.8. The van der Waals surface area contributed by atoms with E-state index in [0.717, 1.165) is 25.8 Å². The van der Waals surface area contributed by atoms with Crippen LogP contribution in [0.4, 0.5) is 0 Å². The maximum Gasteiger partial charge on any atom is 0.263 e. The standard InChI is InChI=1S/C13H20ClN3O2/c14-5-6-16-13(19)11(9-15)10-17-7-2-1-3-12(17)4-8-18/h10,12,18H,1-8H2,(H,16,19)/b11-10-. The fourth-order valence-electron chi connectivity index (χ4n) is 2.21. The average molecular weight is 286 g/mol. The number of nitrogens with zero attached hydrogens (tertiary/aromatic N) is 2. The van der Waals surface area contributed by atoms with Gasteiger partial charge in [0.25, 0.3) is 5.91 Å². The minimum Gasteiger partial charge on any atom is -0.396 e. The predicted molar refractivity (Wildman–Crippen MR) is 73.5 cm³/mol. The van der Waals surface area contributed by atoms with Gasteiger partial charge in [-0.15, -0.1) is 11.6 Å². The summed E-state index contributed by atoms with van der Waals surface area (Å²) in [6.45, 7) is 1.29. The number of hydrogen-bond donors (Lipinski definition) is 2. The molecule has 0 saturated carbocycles. The molecule has 0 aliphatic carbocycles. The maximum absolute atomic E-state index is 11.7. The summed E-state index contributed by atoms with van der Waals surface area (Å²) in [5, 5.41) is 20.7. The first-order chi connectivity index (χ1) is 9.22. The Hall–Kier alpha value is -1.25. The lowest BCUT2D eigenvalue weighted by Gasteiger charge is -2.34. The quantitative estimate of drug-likeness (QED) is 0.433. The Kier molecular flexibility index (Phi) is 7.31. The Morgan fingerprint density at radius 2 is 2.37 bits per heavy atom. The Morgan fingerprint density at radius 1 is 1.58 bits per heavy atom. The molecule has 1 aliphatic heterocycles. The van der Waals surface area contributed by atoms with Gasteiger partial charge in [-0.2, -0.15) is 5.26 Å². The molecule has 5 nitrogen and oxygen atoms in total. The van der Waals surface area contributed by atoms with Gasteiger partial charge in [0.1, 0.15) is 11.6 Å². The second-order valence-corrected chi connectivity index (χ2v) is 4.88. The zero-order valence-corrected chi connectivity index (χ0v) is 11.7. The lowest BCUT2D eigenvalue weighted by molar-refractivity contribution is -0.117. The van der Waals surface area contributed by atoms with Crippen molar-refractivity contribution in [1.82, 2.24) is 10.2 Å². The minimum atomic E-state index is -0.392. The summed E-state index contributed by atoms with van der Waals surface area (Å²) in [5.41, 5.74) is 0.0926. The van der Waals surface area contributed by atoms with E-state index in [4.69, 9.17) is 22.0 Å². The number of nitrogens with one attached hydrogen (secondary N) is 1. The van der Waals surface area contributed by atoms with Gasteiger partial charge in [0, 0.05) is 37.8 Å². The Bertz CT molecular complexity index is 363. The molecule has 1 rings (SSSR count). The SMILES string of the molecule is N#C/C(=C/N1CCCCC1CCO)C(=O)NCCCl. The van der Waals surface area contributed by atoms with Crippen molar-refractivity contribution in [3.05, 3.63) is 11.8 Å². The molecular weight excluding hydrogens is 266 g/mol. The Balaban J connectivity index is 2.71. The Morgan fingerprint density at radius 3 is 3.00 bits per heavy atom. The number of amides is 1. The van der Waals surface area contributed by atoms with E-state index in [-0.39, 0.29) is 18.2 Å². The van der Waals surface area contributed by atoms with Gasteiger partial charge in [-0.3, -0.25) is 4.79 Å². The predicted octanol–water partition coefficient (Wildman–Crippen LogP) is 0.986. The number of nitriles is 1. The van der Waals surface area contributed by atoms with E-state index in [9.17, 15) is 4.79 Å². The van der Waals surface area contributed by atoms with Crippen LogP contribution in [0.3, 0.4) is 0 Å². The van der Waals surface area contributed by atoms with Crippen molar-refractivity contribution in [2.24, 2.45) is 0 Å². The fraction of sp³-hybridized carbons (Fsp3) is 0.692. The molecule has 19 heavy (non-hydrogen) atoms. The third-order valence-electron chi connectivity index (χ3n) is 3.18. The van der Waals surface area contributed by atoms with Crippen molar-refractivity contribution in [2.75, 3.05) is 25.6 Å². The highest BCUT2D eigenvalue weighted by atomic mass is 35.5. The molecule has 1 saturated heterocycles. The van der Waals surface area contributed by atoms with E-state index in [2.05, 4.69) is 5.32 Å². The van der Waals surface area contributed by atoms with Crippen LogP contribution >= 0.6 is 11.6 Å². The van der Waals surface area contributed by atoms with E-state index in [1.165, 1.54) is 0 Å². The first-order valence-electron chi connectivity index (χ1n) is 6.55. The van der Waals surface area contributed by atoms with Crippen molar-refractivity contribution < 1.29 is 9.90 Å². The van der Waals surface area contributed by atoms with Gasteiger partial charge in [-0.1, -0.05) is 0 Å². The molecule has 106 valence electrons. The number of likely N-dealkylation sites (tertiary alicyclic amines) is 1. The average Bonchev–Trinajstić information content (AvgIpc) is 2.44. The van der Waals surface area contributed by atoms with Crippen molar-refractivity contribution in [3.63, 3.8) is 0 Å². The largest absolute Gasteiger partial charge is 0.396 e. The third kappa shape index (κ3) is 5.09. The highest BCUT2D eigenvalue weighted by Gasteiger charge is 2.21.